The first-order chi connectivity index (χ1) is 8.83. The van der Waals surface area contributed by atoms with Gasteiger partial charge in [0.1, 0.15) is 0 Å². The Balaban J connectivity index is 1.49. The lowest BCUT2D eigenvalue weighted by Gasteiger charge is -2.33. The second kappa shape index (κ2) is 6.01. The van der Waals surface area contributed by atoms with Crippen molar-refractivity contribution in [2.24, 2.45) is 5.92 Å². The number of ether oxygens (including phenoxy) is 2. The molecule has 1 aromatic heterocycles. The zero-order valence-corrected chi connectivity index (χ0v) is 12.7. The summed E-state index contributed by atoms with van der Waals surface area (Å²) in [4.78, 5) is 3.96. The van der Waals surface area contributed by atoms with Gasteiger partial charge >= 0.3 is 0 Å². The lowest BCUT2D eigenvalue weighted by atomic mass is 9.96. The summed E-state index contributed by atoms with van der Waals surface area (Å²) < 4.78 is 12.5. The highest BCUT2D eigenvalue weighted by Gasteiger charge is 2.30. The lowest BCUT2D eigenvalue weighted by Crippen LogP contribution is -2.37. The molecule has 2 saturated heterocycles. The van der Waals surface area contributed by atoms with Crippen LogP contribution in [-0.4, -0.2) is 37.5 Å². The molecule has 2 fully saturated rings. The first kappa shape index (κ1) is 13.1. The Hall–Kier alpha value is 0.0600. The second-order valence-electron chi connectivity index (χ2n) is 4.92. The van der Waals surface area contributed by atoms with Gasteiger partial charge in [0, 0.05) is 21.8 Å². The molecule has 0 aliphatic carbocycles. The number of nitrogens with zero attached hydrogens (tertiary/aromatic N) is 1. The fourth-order valence-electron chi connectivity index (χ4n) is 2.67. The molecule has 0 saturated carbocycles. The van der Waals surface area contributed by atoms with E-state index in [-0.39, 0.29) is 6.29 Å². The quantitative estimate of drug-likeness (QED) is 0.849. The Labute approximate surface area is 120 Å². The van der Waals surface area contributed by atoms with E-state index in [0.29, 0.717) is 5.92 Å². The maximum Gasteiger partial charge on any atom is 0.160 e. The largest absolute Gasteiger partial charge is 0.350 e. The molecule has 2 aliphatic heterocycles. The predicted molar refractivity (Wildman–Crippen MR) is 75.7 cm³/mol. The number of piperidine rings is 1. The van der Waals surface area contributed by atoms with Crippen LogP contribution >= 0.6 is 27.3 Å². The number of hydrogen-bond donors (Lipinski definition) is 0. The molecule has 3 nitrogen and oxygen atoms in total. The van der Waals surface area contributed by atoms with Crippen LogP contribution in [0.15, 0.2) is 15.9 Å². The third-order valence-corrected chi connectivity index (χ3v) is 5.63. The van der Waals surface area contributed by atoms with Gasteiger partial charge in [-0.3, -0.25) is 4.90 Å². The molecule has 3 rings (SSSR count). The van der Waals surface area contributed by atoms with Crippen molar-refractivity contribution in [1.29, 1.82) is 0 Å². The summed E-state index contributed by atoms with van der Waals surface area (Å²) in [5, 5.41) is 2.15. The minimum atomic E-state index is 0.0700. The van der Waals surface area contributed by atoms with Crippen LogP contribution in [0.25, 0.3) is 0 Å². The molecule has 3 heterocycles. The van der Waals surface area contributed by atoms with E-state index in [4.69, 9.17) is 9.47 Å². The highest BCUT2D eigenvalue weighted by atomic mass is 79.9. The van der Waals surface area contributed by atoms with Gasteiger partial charge in [-0.25, -0.2) is 0 Å². The molecule has 18 heavy (non-hydrogen) atoms. The predicted octanol–water partition coefficient (Wildman–Crippen LogP) is 3.10. The lowest BCUT2D eigenvalue weighted by molar-refractivity contribution is -0.0977. The van der Waals surface area contributed by atoms with Crippen molar-refractivity contribution in [3.8, 4) is 0 Å². The molecule has 0 unspecified atom stereocenters. The topological polar surface area (TPSA) is 21.7 Å². The summed E-state index contributed by atoms with van der Waals surface area (Å²) in [6.45, 7) is 4.91. The number of thiophene rings is 1. The molecule has 0 radical (unpaired) electrons. The van der Waals surface area contributed by atoms with Crippen LogP contribution in [0.5, 0.6) is 0 Å². The average Bonchev–Trinajstić information content (AvgIpc) is 3.03. The van der Waals surface area contributed by atoms with Gasteiger partial charge < -0.3 is 9.47 Å². The van der Waals surface area contributed by atoms with Crippen molar-refractivity contribution in [3.05, 3.63) is 20.8 Å². The van der Waals surface area contributed by atoms with Crippen LogP contribution in [0.1, 0.15) is 17.7 Å². The van der Waals surface area contributed by atoms with Crippen molar-refractivity contribution in [2.45, 2.75) is 25.7 Å². The van der Waals surface area contributed by atoms with E-state index in [1.165, 1.54) is 22.2 Å². The number of halogens is 1. The standard InChI is InChI=1S/C13H18BrNO2S/c14-11-3-8-18-12(11)9-15-4-1-10(2-5-15)13-16-6-7-17-13/h3,8,10,13H,1-2,4-7,9H2. The fraction of sp³-hybridized carbons (Fsp3) is 0.692. The SMILES string of the molecule is Brc1ccsc1CN1CCC(C2OCCO2)CC1. The monoisotopic (exact) mass is 331 g/mol. The van der Waals surface area contributed by atoms with Gasteiger partial charge in [-0.15, -0.1) is 11.3 Å². The Morgan fingerprint density at radius 1 is 1.28 bits per heavy atom. The maximum absolute atomic E-state index is 5.61. The van der Waals surface area contributed by atoms with Crippen molar-refractivity contribution in [1.82, 2.24) is 4.90 Å². The van der Waals surface area contributed by atoms with E-state index in [9.17, 15) is 0 Å². The molecule has 100 valence electrons. The van der Waals surface area contributed by atoms with E-state index < -0.39 is 0 Å². The first-order valence-corrected chi connectivity index (χ1v) is 8.17. The van der Waals surface area contributed by atoms with E-state index in [1.54, 1.807) is 0 Å². The van der Waals surface area contributed by atoms with Crippen LogP contribution in [0.3, 0.4) is 0 Å². The zero-order chi connectivity index (χ0) is 12.4. The van der Waals surface area contributed by atoms with E-state index in [2.05, 4.69) is 32.3 Å². The Morgan fingerprint density at radius 2 is 2.00 bits per heavy atom. The van der Waals surface area contributed by atoms with E-state index >= 15 is 0 Å². The summed E-state index contributed by atoms with van der Waals surface area (Å²) in [6, 6.07) is 2.13. The molecular weight excluding hydrogens is 314 g/mol. The molecule has 0 spiro atoms. The Kier molecular flexibility index (Phi) is 4.36. The minimum absolute atomic E-state index is 0.0700. The number of likely N-dealkylation sites (tertiary alicyclic amines) is 1. The highest BCUT2D eigenvalue weighted by molar-refractivity contribution is 9.10. The van der Waals surface area contributed by atoms with Gasteiger partial charge in [0.05, 0.1) is 13.2 Å². The third kappa shape index (κ3) is 2.96. The Morgan fingerprint density at radius 3 is 2.61 bits per heavy atom. The molecule has 0 N–H and O–H groups in total. The van der Waals surface area contributed by atoms with Gasteiger partial charge in [0.15, 0.2) is 6.29 Å². The minimum Gasteiger partial charge on any atom is -0.350 e. The summed E-state index contributed by atoms with van der Waals surface area (Å²) in [5.41, 5.74) is 0. The highest BCUT2D eigenvalue weighted by Crippen LogP contribution is 2.29. The van der Waals surface area contributed by atoms with Gasteiger partial charge in [-0.1, -0.05) is 0 Å². The molecule has 1 aromatic rings. The summed E-state index contributed by atoms with van der Waals surface area (Å²) in [5.74, 6) is 0.593. The molecule has 2 aliphatic rings. The van der Waals surface area contributed by atoms with Crippen molar-refractivity contribution < 1.29 is 9.47 Å². The molecular formula is C13H18BrNO2S. The number of hydrogen-bond acceptors (Lipinski definition) is 4. The summed E-state index contributed by atoms with van der Waals surface area (Å²) in [6.07, 6.45) is 2.45. The second-order valence-corrected chi connectivity index (χ2v) is 6.77. The molecule has 0 aromatic carbocycles. The summed E-state index contributed by atoms with van der Waals surface area (Å²) in [7, 11) is 0. The van der Waals surface area contributed by atoms with Crippen LogP contribution in [-0.2, 0) is 16.0 Å². The smallest absolute Gasteiger partial charge is 0.160 e. The molecule has 0 bridgehead atoms. The molecule has 5 heteroatoms. The van der Waals surface area contributed by atoms with Gasteiger partial charge in [-0.2, -0.15) is 0 Å². The molecule has 0 atom stereocenters. The van der Waals surface area contributed by atoms with Crippen LogP contribution < -0.4 is 0 Å². The molecule has 0 amide bonds. The van der Waals surface area contributed by atoms with Crippen LogP contribution in [0.2, 0.25) is 0 Å². The fourth-order valence-corrected chi connectivity index (χ4v) is 4.19. The van der Waals surface area contributed by atoms with E-state index in [0.717, 1.165) is 32.8 Å². The Bertz CT molecular complexity index is 384. The normalized spacial score (nSPS) is 23.8. The third-order valence-electron chi connectivity index (χ3n) is 3.72. The number of rotatable bonds is 3. The van der Waals surface area contributed by atoms with Crippen molar-refractivity contribution in [3.63, 3.8) is 0 Å². The van der Waals surface area contributed by atoms with Gasteiger partial charge in [0.25, 0.3) is 0 Å². The van der Waals surface area contributed by atoms with Gasteiger partial charge in [-0.05, 0) is 53.3 Å². The van der Waals surface area contributed by atoms with Crippen molar-refractivity contribution >= 4 is 27.3 Å². The van der Waals surface area contributed by atoms with Gasteiger partial charge in [0.2, 0.25) is 0 Å². The average molecular weight is 332 g/mol. The van der Waals surface area contributed by atoms with E-state index in [1.807, 2.05) is 11.3 Å². The zero-order valence-electron chi connectivity index (χ0n) is 10.3. The summed E-state index contributed by atoms with van der Waals surface area (Å²) >= 11 is 5.43. The van der Waals surface area contributed by atoms with Crippen molar-refractivity contribution in [2.75, 3.05) is 26.3 Å². The van der Waals surface area contributed by atoms with Crippen LogP contribution in [0.4, 0.5) is 0 Å². The van der Waals surface area contributed by atoms with Crippen LogP contribution in [0, 0.1) is 5.92 Å². The first-order valence-electron chi connectivity index (χ1n) is 6.50. The maximum atomic E-state index is 5.61.